The van der Waals surface area contributed by atoms with E-state index in [9.17, 15) is 4.57 Å². The minimum Gasteiger partial charge on any atom is -0.507 e. The number of aromatic hydroxyl groups is 1. The molecule has 0 heterocycles. The van der Waals surface area contributed by atoms with Gasteiger partial charge in [-0.25, -0.2) is 0 Å². The van der Waals surface area contributed by atoms with Crippen LogP contribution in [0.25, 0.3) is 11.1 Å². The lowest BCUT2D eigenvalue weighted by molar-refractivity contribution is 0.384. The first-order chi connectivity index (χ1) is 14.2. The fraction of sp³-hybridized carbons (Fsp3) is 0.308. The quantitative estimate of drug-likeness (QED) is 0.418. The van der Waals surface area contributed by atoms with Gasteiger partial charge in [-0.3, -0.25) is 4.57 Å². The largest absolute Gasteiger partial charge is 0.507 e. The van der Waals surface area contributed by atoms with E-state index < -0.39 is 7.60 Å². The minimum atomic E-state index is -4.31. The molecular formula is C26H33O4P. The van der Waals surface area contributed by atoms with Crippen LogP contribution in [0.5, 0.6) is 5.75 Å². The van der Waals surface area contributed by atoms with Crippen LogP contribution >= 0.6 is 7.60 Å². The molecule has 0 aliphatic rings. The summed E-state index contributed by atoms with van der Waals surface area (Å²) >= 11 is 0. The molecule has 0 aromatic heterocycles. The molecule has 3 aromatic carbocycles. The van der Waals surface area contributed by atoms with E-state index in [0.29, 0.717) is 0 Å². The maximum absolute atomic E-state index is 10.6. The van der Waals surface area contributed by atoms with Gasteiger partial charge in [0.15, 0.2) is 0 Å². The average molecular weight is 441 g/mol. The maximum Gasteiger partial charge on any atom is 0.359 e. The van der Waals surface area contributed by atoms with Crippen molar-refractivity contribution < 1.29 is 19.5 Å². The molecule has 0 fully saturated rings. The van der Waals surface area contributed by atoms with E-state index in [1.807, 2.05) is 0 Å². The van der Waals surface area contributed by atoms with Gasteiger partial charge in [0.05, 0.1) is 0 Å². The number of para-hydroxylation sites is 1. The number of benzene rings is 3. The molecule has 0 radical (unpaired) electrons. The third-order valence-corrected chi connectivity index (χ3v) is 5.97. The van der Waals surface area contributed by atoms with E-state index in [1.165, 1.54) is 46.5 Å². The highest BCUT2D eigenvalue weighted by molar-refractivity contribution is 7.60. The zero-order valence-electron chi connectivity index (χ0n) is 19.1. The highest BCUT2D eigenvalue weighted by atomic mass is 31.2. The smallest absolute Gasteiger partial charge is 0.359 e. The normalized spacial score (nSPS) is 12.1. The summed E-state index contributed by atoms with van der Waals surface area (Å²) in [4.78, 5) is 17.2. The van der Waals surface area contributed by atoms with E-state index in [4.69, 9.17) is 14.9 Å². The zero-order valence-corrected chi connectivity index (χ0v) is 20.0. The molecule has 3 aromatic rings. The molecule has 4 nitrogen and oxygen atoms in total. The van der Waals surface area contributed by atoms with Crippen molar-refractivity contribution in [1.29, 1.82) is 0 Å². The Kier molecular flexibility index (Phi) is 7.54. The van der Waals surface area contributed by atoms with Gasteiger partial charge in [-0.2, -0.15) is 0 Å². The second-order valence-electron chi connectivity index (χ2n) is 9.70. The summed E-state index contributed by atoms with van der Waals surface area (Å²) in [5.41, 5.74) is 5.77. The van der Waals surface area contributed by atoms with Crippen LogP contribution in [0.3, 0.4) is 0 Å². The first kappa shape index (κ1) is 24.9. The number of hydrogen-bond donors (Lipinski definition) is 3. The Hall–Kier alpha value is -2.39. The van der Waals surface area contributed by atoms with Gasteiger partial charge in [0, 0.05) is 0 Å². The molecule has 3 rings (SSSR count). The first-order valence-corrected chi connectivity index (χ1v) is 11.9. The molecule has 0 atom stereocenters. The summed E-state index contributed by atoms with van der Waals surface area (Å²) in [6.45, 7) is 13.7. The summed E-state index contributed by atoms with van der Waals surface area (Å²) in [5, 5.41) is 8.62. The molecule has 0 aliphatic carbocycles. The SMILES string of the molecule is CC(C)(C)c1cc(-c2ccccc2)cc(C(C)(C)C)c1.O=P(O)(O)c1ccccc1O. The lowest BCUT2D eigenvalue weighted by Crippen LogP contribution is -2.16. The number of rotatable bonds is 2. The summed E-state index contributed by atoms with van der Waals surface area (Å²) < 4.78 is 10.6. The van der Waals surface area contributed by atoms with Crippen LogP contribution in [-0.4, -0.2) is 14.9 Å². The number of phenolic OH excluding ortho intramolecular Hbond substituents is 1. The van der Waals surface area contributed by atoms with Gasteiger partial charge >= 0.3 is 7.60 Å². The molecule has 0 unspecified atom stereocenters. The van der Waals surface area contributed by atoms with Crippen LogP contribution in [0.4, 0.5) is 0 Å². The van der Waals surface area contributed by atoms with Gasteiger partial charge in [0.2, 0.25) is 0 Å². The summed E-state index contributed by atoms with van der Waals surface area (Å²) in [5.74, 6) is -0.374. The molecule has 0 amide bonds. The lowest BCUT2D eigenvalue weighted by atomic mass is 9.79. The van der Waals surface area contributed by atoms with Crippen LogP contribution in [0.15, 0.2) is 72.8 Å². The number of hydrogen-bond acceptors (Lipinski definition) is 2. The second-order valence-corrected chi connectivity index (χ2v) is 11.3. The molecule has 0 saturated carbocycles. The summed E-state index contributed by atoms with van der Waals surface area (Å²) in [7, 11) is -4.31. The van der Waals surface area contributed by atoms with Crippen molar-refractivity contribution in [1.82, 2.24) is 0 Å². The van der Waals surface area contributed by atoms with E-state index in [2.05, 4.69) is 90.1 Å². The molecule has 166 valence electrons. The van der Waals surface area contributed by atoms with E-state index >= 15 is 0 Å². The topological polar surface area (TPSA) is 77.8 Å². The minimum absolute atomic E-state index is 0.171. The van der Waals surface area contributed by atoms with Crippen LogP contribution < -0.4 is 5.30 Å². The summed E-state index contributed by atoms with van der Waals surface area (Å²) in [6, 6.07) is 23.1. The van der Waals surface area contributed by atoms with Crippen LogP contribution in [-0.2, 0) is 15.4 Å². The van der Waals surface area contributed by atoms with Crippen molar-refractivity contribution >= 4 is 12.9 Å². The Morgan fingerprint density at radius 2 is 1.10 bits per heavy atom. The van der Waals surface area contributed by atoms with Crippen molar-refractivity contribution in [3.05, 3.63) is 83.9 Å². The second kappa shape index (κ2) is 9.40. The van der Waals surface area contributed by atoms with E-state index in [-0.39, 0.29) is 21.9 Å². The molecule has 0 aliphatic heterocycles. The molecule has 0 spiro atoms. The average Bonchev–Trinajstić information content (AvgIpc) is 2.67. The summed E-state index contributed by atoms with van der Waals surface area (Å²) in [6.07, 6.45) is 0. The molecule has 0 bridgehead atoms. The zero-order chi connectivity index (χ0) is 23.4. The van der Waals surface area contributed by atoms with Gasteiger partial charge in [-0.15, -0.1) is 0 Å². The third-order valence-electron chi connectivity index (χ3n) is 4.97. The predicted molar refractivity (Wildman–Crippen MR) is 129 cm³/mol. The lowest BCUT2D eigenvalue weighted by Gasteiger charge is -2.26. The van der Waals surface area contributed by atoms with E-state index in [0.717, 1.165) is 0 Å². The Balaban J connectivity index is 0.000000262. The van der Waals surface area contributed by atoms with Crippen LogP contribution in [0, 0.1) is 0 Å². The highest BCUT2D eigenvalue weighted by Gasteiger charge is 2.21. The Morgan fingerprint density at radius 3 is 1.48 bits per heavy atom. The Labute approximate surface area is 185 Å². The molecule has 3 N–H and O–H groups in total. The maximum atomic E-state index is 10.6. The molecule has 0 saturated heterocycles. The Morgan fingerprint density at radius 1 is 0.645 bits per heavy atom. The van der Waals surface area contributed by atoms with E-state index in [1.54, 1.807) is 0 Å². The van der Waals surface area contributed by atoms with Gasteiger partial charge < -0.3 is 14.9 Å². The first-order valence-electron chi connectivity index (χ1n) is 10.2. The molecular weight excluding hydrogens is 407 g/mol. The molecule has 31 heavy (non-hydrogen) atoms. The standard InChI is InChI=1S/C20H26.C6H7O4P/c1-19(2,3)17-12-16(15-10-8-7-9-11-15)13-18(14-17)20(4,5)6;7-5-3-1-2-4-6(5)11(8,9)10/h7-14H,1-6H3;1-4,7H,(H2,8,9,10). The van der Waals surface area contributed by atoms with Gasteiger partial charge in [-0.1, -0.05) is 102 Å². The van der Waals surface area contributed by atoms with Crippen molar-refractivity contribution in [2.45, 2.75) is 52.4 Å². The van der Waals surface area contributed by atoms with Crippen molar-refractivity contribution in [2.75, 3.05) is 0 Å². The van der Waals surface area contributed by atoms with Crippen LogP contribution in [0.2, 0.25) is 0 Å². The molecule has 5 heteroatoms. The van der Waals surface area contributed by atoms with Gasteiger partial charge in [-0.05, 0) is 45.2 Å². The van der Waals surface area contributed by atoms with Crippen molar-refractivity contribution in [3.8, 4) is 16.9 Å². The predicted octanol–water partition coefficient (Wildman–Crippen LogP) is 6.14. The fourth-order valence-corrected chi connectivity index (χ4v) is 3.65. The number of phenols is 1. The highest BCUT2D eigenvalue weighted by Crippen LogP contribution is 2.36. The van der Waals surface area contributed by atoms with Crippen LogP contribution in [0.1, 0.15) is 52.7 Å². The van der Waals surface area contributed by atoms with Crippen molar-refractivity contribution in [3.63, 3.8) is 0 Å². The third kappa shape index (κ3) is 7.07. The monoisotopic (exact) mass is 440 g/mol. The Bertz CT molecular complexity index is 1020. The van der Waals surface area contributed by atoms with Gasteiger partial charge in [0.1, 0.15) is 11.1 Å². The van der Waals surface area contributed by atoms with Gasteiger partial charge in [0.25, 0.3) is 0 Å². The fourth-order valence-electron chi connectivity index (χ4n) is 3.00. The van der Waals surface area contributed by atoms with Crippen molar-refractivity contribution in [2.24, 2.45) is 0 Å².